The summed E-state index contributed by atoms with van der Waals surface area (Å²) in [6, 6.07) is 7.01. The van der Waals surface area contributed by atoms with Crippen LogP contribution in [0.25, 0.3) is 11.8 Å². The largest absolute Gasteiger partial charge is 0.507 e. The number of aromatic amines is 1. The van der Waals surface area contributed by atoms with Crippen molar-refractivity contribution in [3.05, 3.63) is 46.6 Å². The second kappa shape index (κ2) is 6.82. The highest BCUT2D eigenvalue weighted by atomic mass is 16.5. The first kappa shape index (κ1) is 17.4. The van der Waals surface area contributed by atoms with E-state index in [2.05, 4.69) is 16.9 Å². The van der Waals surface area contributed by atoms with E-state index < -0.39 is 0 Å². The Morgan fingerprint density at radius 3 is 2.76 bits per heavy atom. The third-order valence-electron chi connectivity index (χ3n) is 5.00. The standard InChI is InChI=1S/C19H26N4O2/c1-11-13(8-15(20)12-6-4-5-7-16(12)24)19(21)22-18(11)14-9-23(2)10-17(14)25-3/h4-8,14,17,22,24H,9-10,20-21H2,1-3H3/b15-8-/t14-,17+/m1/s1. The molecule has 0 spiro atoms. The third-order valence-corrected chi connectivity index (χ3v) is 5.00. The number of ether oxygens (including phenoxy) is 1. The van der Waals surface area contributed by atoms with E-state index in [0.29, 0.717) is 17.1 Å². The van der Waals surface area contributed by atoms with E-state index in [1.807, 2.05) is 19.1 Å². The lowest BCUT2D eigenvalue weighted by atomic mass is 9.97. The first-order valence-corrected chi connectivity index (χ1v) is 8.37. The number of aromatic nitrogens is 1. The number of H-pyrrole nitrogens is 1. The van der Waals surface area contributed by atoms with Crippen LogP contribution in [0.1, 0.15) is 28.3 Å². The van der Waals surface area contributed by atoms with Crippen LogP contribution in [0.2, 0.25) is 0 Å². The van der Waals surface area contributed by atoms with E-state index in [1.165, 1.54) is 0 Å². The van der Waals surface area contributed by atoms with Gasteiger partial charge in [-0.3, -0.25) is 0 Å². The number of hydrogen-bond acceptors (Lipinski definition) is 5. The molecule has 1 aliphatic rings. The van der Waals surface area contributed by atoms with Gasteiger partial charge in [0.1, 0.15) is 11.6 Å². The maximum atomic E-state index is 9.99. The summed E-state index contributed by atoms with van der Waals surface area (Å²) in [6.45, 7) is 3.85. The zero-order valence-electron chi connectivity index (χ0n) is 14.9. The number of likely N-dealkylation sites (N-methyl/N-ethyl adjacent to an activating group) is 1. The molecule has 0 amide bonds. The number of methoxy groups -OCH3 is 1. The van der Waals surface area contributed by atoms with Crippen molar-refractivity contribution in [2.45, 2.75) is 18.9 Å². The van der Waals surface area contributed by atoms with Crippen LogP contribution in [0.3, 0.4) is 0 Å². The number of nitrogens with one attached hydrogen (secondary N) is 1. The quantitative estimate of drug-likeness (QED) is 0.682. The monoisotopic (exact) mass is 342 g/mol. The number of nitrogens with two attached hydrogens (primary N) is 2. The molecule has 6 N–H and O–H groups in total. The summed E-state index contributed by atoms with van der Waals surface area (Å²) in [5, 5.41) is 9.99. The predicted octanol–water partition coefficient (Wildman–Crippen LogP) is 2.11. The van der Waals surface area contributed by atoms with E-state index in [-0.39, 0.29) is 17.8 Å². The average molecular weight is 342 g/mol. The number of phenolic OH excluding ortho intramolecular Hbond substituents is 1. The van der Waals surface area contributed by atoms with Crippen molar-refractivity contribution in [1.29, 1.82) is 0 Å². The summed E-state index contributed by atoms with van der Waals surface area (Å²) in [6.07, 6.45) is 1.95. The molecular formula is C19H26N4O2. The van der Waals surface area contributed by atoms with Crippen LogP contribution in [0.5, 0.6) is 5.75 Å². The maximum absolute atomic E-state index is 9.99. The van der Waals surface area contributed by atoms with Gasteiger partial charge in [-0.15, -0.1) is 0 Å². The number of nitrogens with zero attached hydrogens (tertiary/aromatic N) is 1. The van der Waals surface area contributed by atoms with Gasteiger partial charge in [0.2, 0.25) is 0 Å². The van der Waals surface area contributed by atoms with Crippen molar-refractivity contribution in [2.24, 2.45) is 5.73 Å². The van der Waals surface area contributed by atoms with Gasteiger partial charge in [-0.2, -0.15) is 0 Å². The summed E-state index contributed by atoms with van der Waals surface area (Å²) in [4.78, 5) is 5.57. The van der Waals surface area contributed by atoms with Crippen molar-refractivity contribution >= 4 is 17.6 Å². The topological polar surface area (TPSA) is 101 Å². The zero-order chi connectivity index (χ0) is 18.1. The van der Waals surface area contributed by atoms with Crippen molar-refractivity contribution in [3.63, 3.8) is 0 Å². The van der Waals surface area contributed by atoms with Crippen LogP contribution in [0.4, 0.5) is 5.82 Å². The molecule has 1 aromatic heterocycles. The van der Waals surface area contributed by atoms with Crippen LogP contribution < -0.4 is 11.5 Å². The number of nitrogen functional groups attached to an aromatic ring is 1. The third kappa shape index (κ3) is 3.23. The number of hydrogen-bond donors (Lipinski definition) is 4. The number of benzene rings is 1. The van der Waals surface area contributed by atoms with E-state index in [9.17, 15) is 5.11 Å². The van der Waals surface area contributed by atoms with Gasteiger partial charge < -0.3 is 31.2 Å². The number of likely N-dealkylation sites (tertiary alicyclic amines) is 1. The molecule has 0 radical (unpaired) electrons. The van der Waals surface area contributed by atoms with Gasteiger partial charge in [-0.25, -0.2) is 0 Å². The normalized spacial score (nSPS) is 21.8. The van der Waals surface area contributed by atoms with Crippen molar-refractivity contribution in [3.8, 4) is 5.75 Å². The molecule has 2 atom stereocenters. The summed E-state index contributed by atoms with van der Waals surface area (Å²) in [5.41, 5.74) is 16.5. The second-order valence-electron chi connectivity index (χ2n) is 6.71. The van der Waals surface area contributed by atoms with E-state index >= 15 is 0 Å². The van der Waals surface area contributed by atoms with Gasteiger partial charge in [0.25, 0.3) is 0 Å². The molecule has 6 nitrogen and oxygen atoms in total. The van der Waals surface area contributed by atoms with E-state index in [4.69, 9.17) is 16.2 Å². The first-order chi connectivity index (χ1) is 11.9. The lowest BCUT2D eigenvalue weighted by Crippen LogP contribution is -2.20. The summed E-state index contributed by atoms with van der Waals surface area (Å²) < 4.78 is 5.64. The Morgan fingerprint density at radius 2 is 2.08 bits per heavy atom. The van der Waals surface area contributed by atoms with Gasteiger partial charge in [0.15, 0.2) is 0 Å². The van der Waals surface area contributed by atoms with Crippen LogP contribution in [-0.2, 0) is 4.74 Å². The van der Waals surface area contributed by atoms with Crippen molar-refractivity contribution in [1.82, 2.24) is 9.88 Å². The fourth-order valence-electron chi connectivity index (χ4n) is 3.64. The molecular weight excluding hydrogens is 316 g/mol. The van der Waals surface area contributed by atoms with Crippen molar-refractivity contribution in [2.75, 3.05) is 33.0 Å². The second-order valence-corrected chi connectivity index (χ2v) is 6.71. The van der Waals surface area contributed by atoms with Gasteiger partial charge in [-0.1, -0.05) is 12.1 Å². The molecule has 2 heterocycles. The highest BCUT2D eigenvalue weighted by molar-refractivity contribution is 5.85. The molecule has 3 rings (SSSR count). The number of aromatic hydroxyl groups is 1. The molecule has 6 heteroatoms. The Bertz CT molecular complexity index is 797. The van der Waals surface area contributed by atoms with Gasteiger partial charge in [0.05, 0.1) is 6.10 Å². The SMILES string of the molecule is CO[C@H]1CN(C)C[C@H]1c1[nH]c(N)c(/C=C(\N)c2ccccc2O)c1C. The molecule has 2 aromatic rings. The Labute approximate surface area is 148 Å². The van der Waals surface area contributed by atoms with Crippen LogP contribution >= 0.6 is 0 Å². The zero-order valence-corrected chi connectivity index (χ0v) is 14.9. The minimum absolute atomic E-state index is 0.133. The Morgan fingerprint density at radius 1 is 1.36 bits per heavy atom. The first-order valence-electron chi connectivity index (χ1n) is 8.37. The van der Waals surface area contributed by atoms with Gasteiger partial charge >= 0.3 is 0 Å². The summed E-state index contributed by atoms with van der Waals surface area (Å²) in [5.74, 6) is 0.973. The summed E-state index contributed by atoms with van der Waals surface area (Å²) >= 11 is 0. The molecule has 0 aliphatic carbocycles. The molecule has 0 saturated carbocycles. The minimum atomic E-state index is 0.133. The molecule has 1 saturated heterocycles. The van der Waals surface area contributed by atoms with Crippen LogP contribution in [0, 0.1) is 6.92 Å². The Balaban J connectivity index is 1.98. The fraction of sp³-hybridized carbons (Fsp3) is 0.368. The number of phenols is 1. The van der Waals surface area contributed by atoms with E-state index in [1.54, 1.807) is 25.3 Å². The number of rotatable bonds is 4. The molecule has 134 valence electrons. The highest BCUT2D eigenvalue weighted by Gasteiger charge is 2.34. The van der Waals surface area contributed by atoms with Crippen molar-refractivity contribution < 1.29 is 9.84 Å². The molecule has 25 heavy (non-hydrogen) atoms. The maximum Gasteiger partial charge on any atom is 0.124 e. The van der Waals surface area contributed by atoms with Crippen LogP contribution in [0.15, 0.2) is 24.3 Å². The number of para-hydroxylation sites is 1. The molecule has 1 aliphatic heterocycles. The Hall–Kier alpha value is -2.44. The number of anilines is 1. The Kier molecular flexibility index (Phi) is 4.74. The minimum Gasteiger partial charge on any atom is -0.507 e. The van der Waals surface area contributed by atoms with E-state index in [0.717, 1.165) is 29.9 Å². The predicted molar refractivity (Wildman–Crippen MR) is 101 cm³/mol. The van der Waals surface area contributed by atoms with Crippen LogP contribution in [-0.4, -0.2) is 48.3 Å². The van der Waals surface area contributed by atoms with Gasteiger partial charge in [-0.05, 0) is 37.7 Å². The summed E-state index contributed by atoms with van der Waals surface area (Å²) in [7, 11) is 3.83. The molecule has 1 aromatic carbocycles. The fourth-order valence-corrected chi connectivity index (χ4v) is 3.64. The highest BCUT2D eigenvalue weighted by Crippen LogP contribution is 2.35. The smallest absolute Gasteiger partial charge is 0.124 e. The lowest BCUT2D eigenvalue weighted by Gasteiger charge is -2.16. The molecule has 1 fully saturated rings. The lowest BCUT2D eigenvalue weighted by molar-refractivity contribution is 0.0984. The molecule has 0 bridgehead atoms. The average Bonchev–Trinajstić information content (AvgIpc) is 3.09. The molecule has 0 unspecified atom stereocenters. The van der Waals surface area contributed by atoms with Gasteiger partial charge in [0, 0.05) is 48.6 Å².